The Morgan fingerprint density at radius 3 is 2.06 bits per heavy atom. The van der Waals surface area contributed by atoms with Crippen molar-refractivity contribution in [3.05, 3.63) is 0 Å². The Hall–Kier alpha value is -0.860. The van der Waals surface area contributed by atoms with Gasteiger partial charge in [0.2, 0.25) is 0 Å². The summed E-state index contributed by atoms with van der Waals surface area (Å²) in [4.78, 5) is 22.0. The Morgan fingerprint density at radius 2 is 1.75 bits per heavy atom. The van der Waals surface area contributed by atoms with Crippen LogP contribution in [0.4, 0.5) is 0 Å². The highest BCUT2D eigenvalue weighted by molar-refractivity contribution is 5.70. The number of hydrogen-bond acceptors (Lipinski definition) is 2. The molecule has 1 N–H and O–H groups in total. The summed E-state index contributed by atoms with van der Waals surface area (Å²) in [6.45, 7) is 7.97. The first kappa shape index (κ1) is 15.1. The van der Waals surface area contributed by atoms with Crippen molar-refractivity contribution in [1.82, 2.24) is 0 Å². The van der Waals surface area contributed by atoms with Gasteiger partial charge in [0.25, 0.3) is 0 Å². The first-order valence-corrected chi connectivity index (χ1v) is 6.15. The minimum Gasteiger partial charge on any atom is -0.481 e. The van der Waals surface area contributed by atoms with Gasteiger partial charge in [-0.1, -0.05) is 34.1 Å². The second kappa shape index (κ2) is 7.42. The average molecular weight is 228 g/mol. The molecule has 0 aliphatic carbocycles. The highest BCUT2D eigenvalue weighted by atomic mass is 16.4. The predicted molar refractivity (Wildman–Crippen MR) is 64.2 cm³/mol. The molecular formula is C13H24O3. The third-order valence-corrected chi connectivity index (χ3v) is 3.61. The highest BCUT2D eigenvalue weighted by Gasteiger charge is 2.26. The van der Waals surface area contributed by atoms with E-state index in [9.17, 15) is 9.59 Å². The van der Waals surface area contributed by atoms with Crippen molar-refractivity contribution in [3.8, 4) is 0 Å². The summed E-state index contributed by atoms with van der Waals surface area (Å²) in [7, 11) is 0. The van der Waals surface area contributed by atoms with Crippen LogP contribution >= 0.6 is 0 Å². The number of aldehydes is 1. The number of rotatable bonds is 8. The molecule has 0 rings (SSSR count). The van der Waals surface area contributed by atoms with E-state index in [1.165, 1.54) is 0 Å². The fourth-order valence-corrected chi connectivity index (χ4v) is 2.15. The molecule has 4 atom stereocenters. The molecule has 0 aliphatic heterocycles. The Balaban J connectivity index is 4.45. The van der Waals surface area contributed by atoms with Crippen LogP contribution in [0, 0.1) is 23.7 Å². The van der Waals surface area contributed by atoms with Crippen molar-refractivity contribution in [2.45, 2.75) is 47.0 Å². The van der Waals surface area contributed by atoms with Crippen LogP contribution in [0.25, 0.3) is 0 Å². The van der Waals surface area contributed by atoms with Crippen LogP contribution in [0.3, 0.4) is 0 Å². The molecule has 0 saturated heterocycles. The Kier molecular flexibility index (Phi) is 7.02. The summed E-state index contributed by atoms with van der Waals surface area (Å²) in [6.07, 6.45) is 3.18. The van der Waals surface area contributed by atoms with E-state index in [1.54, 1.807) is 0 Å². The molecule has 0 saturated carbocycles. The zero-order valence-corrected chi connectivity index (χ0v) is 10.8. The fourth-order valence-electron chi connectivity index (χ4n) is 2.15. The third kappa shape index (κ3) is 4.33. The summed E-state index contributed by atoms with van der Waals surface area (Å²) in [5.74, 6) is -0.602. The van der Waals surface area contributed by atoms with E-state index in [2.05, 4.69) is 13.8 Å². The lowest BCUT2D eigenvalue weighted by molar-refractivity contribution is -0.142. The SMILES string of the molecule is CCC(CC(C)C(C=O)C(C)CC)C(=O)O. The molecule has 0 aliphatic rings. The van der Waals surface area contributed by atoms with Crippen LogP contribution < -0.4 is 0 Å². The molecule has 16 heavy (non-hydrogen) atoms. The normalized spacial score (nSPS) is 18.5. The lowest BCUT2D eigenvalue weighted by Crippen LogP contribution is -2.25. The Morgan fingerprint density at radius 1 is 1.19 bits per heavy atom. The molecule has 3 nitrogen and oxygen atoms in total. The molecule has 0 aromatic carbocycles. The quantitative estimate of drug-likeness (QED) is 0.650. The molecule has 0 aromatic rings. The second-order valence-electron chi connectivity index (χ2n) is 4.76. The van der Waals surface area contributed by atoms with Crippen LogP contribution in [-0.2, 0) is 9.59 Å². The predicted octanol–water partition coefficient (Wildman–Crippen LogP) is 2.98. The standard InChI is InChI=1S/C13H24O3/c1-5-9(3)12(8-14)10(4)7-11(6-2)13(15)16/h8-12H,5-7H2,1-4H3,(H,15,16). The van der Waals surface area contributed by atoms with Gasteiger partial charge in [-0.2, -0.15) is 0 Å². The number of aliphatic carboxylic acids is 1. The van der Waals surface area contributed by atoms with Crippen molar-refractivity contribution in [2.24, 2.45) is 23.7 Å². The van der Waals surface area contributed by atoms with Gasteiger partial charge >= 0.3 is 5.97 Å². The molecule has 0 radical (unpaired) electrons. The summed E-state index contributed by atoms with van der Waals surface area (Å²) >= 11 is 0. The van der Waals surface area contributed by atoms with E-state index in [4.69, 9.17) is 5.11 Å². The Bertz CT molecular complexity index is 225. The van der Waals surface area contributed by atoms with Gasteiger partial charge in [-0.25, -0.2) is 0 Å². The van der Waals surface area contributed by atoms with E-state index in [0.717, 1.165) is 12.7 Å². The fraction of sp³-hybridized carbons (Fsp3) is 0.846. The number of hydrogen-bond donors (Lipinski definition) is 1. The van der Waals surface area contributed by atoms with Gasteiger partial charge in [-0.05, 0) is 24.7 Å². The van der Waals surface area contributed by atoms with E-state index < -0.39 is 5.97 Å². The maximum absolute atomic E-state index is 11.0. The van der Waals surface area contributed by atoms with Crippen LogP contribution in [0.5, 0.6) is 0 Å². The van der Waals surface area contributed by atoms with Gasteiger partial charge in [0.1, 0.15) is 6.29 Å². The average Bonchev–Trinajstić information content (AvgIpc) is 2.25. The topological polar surface area (TPSA) is 54.4 Å². The third-order valence-electron chi connectivity index (χ3n) is 3.61. The number of carboxylic acids is 1. The summed E-state index contributed by atoms with van der Waals surface area (Å²) < 4.78 is 0. The van der Waals surface area contributed by atoms with Crippen LogP contribution in [0.1, 0.15) is 47.0 Å². The molecule has 0 aromatic heterocycles. The van der Waals surface area contributed by atoms with E-state index in [0.29, 0.717) is 18.8 Å². The lowest BCUT2D eigenvalue weighted by Gasteiger charge is -2.25. The number of carboxylic acid groups (broad SMARTS) is 1. The van der Waals surface area contributed by atoms with Gasteiger partial charge in [0, 0.05) is 5.92 Å². The van der Waals surface area contributed by atoms with E-state index >= 15 is 0 Å². The molecule has 0 bridgehead atoms. The highest BCUT2D eigenvalue weighted by Crippen LogP contribution is 2.28. The zero-order chi connectivity index (χ0) is 12.7. The van der Waals surface area contributed by atoms with Crippen LogP contribution in [0.2, 0.25) is 0 Å². The minimum atomic E-state index is -0.747. The van der Waals surface area contributed by atoms with Crippen LogP contribution in [-0.4, -0.2) is 17.4 Å². The number of carbonyl (C=O) groups is 2. The summed E-state index contributed by atoms with van der Waals surface area (Å²) in [6, 6.07) is 0. The summed E-state index contributed by atoms with van der Waals surface area (Å²) in [5.41, 5.74) is 0. The van der Waals surface area contributed by atoms with Gasteiger partial charge in [-0.3, -0.25) is 4.79 Å². The van der Waals surface area contributed by atoms with E-state index in [-0.39, 0.29) is 17.8 Å². The molecule has 0 amide bonds. The molecule has 0 fully saturated rings. The van der Waals surface area contributed by atoms with Crippen molar-refractivity contribution in [2.75, 3.05) is 0 Å². The minimum absolute atomic E-state index is 0.0154. The Labute approximate surface area is 98.2 Å². The maximum atomic E-state index is 11.0. The molecular weight excluding hydrogens is 204 g/mol. The molecule has 0 spiro atoms. The molecule has 0 heterocycles. The molecule has 3 heteroatoms. The second-order valence-corrected chi connectivity index (χ2v) is 4.76. The summed E-state index contributed by atoms with van der Waals surface area (Å²) in [5, 5.41) is 8.98. The lowest BCUT2D eigenvalue weighted by atomic mass is 9.78. The maximum Gasteiger partial charge on any atom is 0.306 e. The van der Waals surface area contributed by atoms with Gasteiger partial charge in [0.15, 0.2) is 0 Å². The zero-order valence-electron chi connectivity index (χ0n) is 10.8. The first-order chi connectivity index (χ1) is 7.47. The van der Waals surface area contributed by atoms with Gasteiger partial charge < -0.3 is 9.90 Å². The number of carbonyl (C=O) groups excluding carboxylic acids is 1. The van der Waals surface area contributed by atoms with Crippen LogP contribution in [0.15, 0.2) is 0 Å². The van der Waals surface area contributed by atoms with Crippen molar-refractivity contribution < 1.29 is 14.7 Å². The monoisotopic (exact) mass is 228 g/mol. The molecule has 94 valence electrons. The van der Waals surface area contributed by atoms with Crippen molar-refractivity contribution in [1.29, 1.82) is 0 Å². The molecule has 4 unspecified atom stereocenters. The largest absolute Gasteiger partial charge is 0.481 e. The first-order valence-electron chi connectivity index (χ1n) is 6.15. The van der Waals surface area contributed by atoms with E-state index in [1.807, 2.05) is 13.8 Å². The van der Waals surface area contributed by atoms with Gasteiger partial charge in [-0.15, -0.1) is 0 Å². The smallest absolute Gasteiger partial charge is 0.306 e. The van der Waals surface area contributed by atoms with Crippen molar-refractivity contribution in [3.63, 3.8) is 0 Å². The van der Waals surface area contributed by atoms with Gasteiger partial charge in [0.05, 0.1) is 5.92 Å². The van der Waals surface area contributed by atoms with Crippen molar-refractivity contribution >= 4 is 12.3 Å².